The van der Waals surface area contributed by atoms with Crippen molar-refractivity contribution in [3.8, 4) is 0 Å². The van der Waals surface area contributed by atoms with E-state index in [4.69, 9.17) is 31.9 Å². The molecule has 0 aromatic carbocycles. The van der Waals surface area contributed by atoms with Crippen molar-refractivity contribution in [2.45, 2.75) is 18.5 Å². The van der Waals surface area contributed by atoms with Gasteiger partial charge in [0.25, 0.3) is 0 Å². The highest BCUT2D eigenvalue weighted by atomic mass is 16.4. The molecular formula is C7H14N2O7. The summed E-state index contributed by atoms with van der Waals surface area (Å²) in [6, 6.07) is -2.41. The fraction of sp³-hybridized carbons (Fsp3) is 0.571. The van der Waals surface area contributed by atoms with Crippen LogP contribution in [0.5, 0.6) is 0 Å². The van der Waals surface area contributed by atoms with Gasteiger partial charge in [-0.3, -0.25) is 14.4 Å². The molecular weight excluding hydrogens is 224 g/mol. The second-order valence-electron chi connectivity index (χ2n) is 2.67. The number of carboxylic acids is 3. The fourth-order valence-corrected chi connectivity index (χ4v) is 0.354. The van der Waals surface area contributed by atoms with Crippen LogP contribution in [0.1, 0.15) is 6.42 Å². The van der Waals surface area contributed by atoms with Gasteiger partial charge in [0.2, 0.25) is 0 Å². The average molecular weight is 238 g/mol. The summed E-state index contributed by atoms with van der Waals surface area (Å²) in [6.45, 7) is -0.505. The molecule has 8 N–H and O–H groups in total. The number of aliphatic hydroxyl groups excluding tert-OH is 1. The summed E-state index contributed by atoms with van der Waals surface area (Å²) >= 11 is 0. The van der Waals surface area contributed by atoms with Gasteiger partial charge in [-0.2, -0.15) is 0 Å². The zero-order valence-corrected chi connectivity index (χ0v) is 8.24. The first-order valence-corrected chi connectivity index (χ1v) is 4.01. The normalized spacial score (nSPS) is 12.9. The quantitative estimate of drug-likeness (QED) is 0.295. The first kappa shape index (κ1) is 16.7. The molecule has 0 unspecified atom stereocenters. The second-order valence-corrected chi connectivity index (χ2v) is 2.67. The van der Waals surface area contributed by atoms with Crippen LogP contribution >= 0.6 is 0 Å². The van der Waals surface area contributed by atoms with Crippen LogP contribution in [0.3, 0.4) is 0 Å². The van der Waals surface area contributed by atoms with E-state index in [2.05, 4.69) is 0 Å². The number of nitrogens with two attached hydrogens (primary N) is 2. The predicted molar refractivity (Wildman–Crippen MR) is 50.6 cm³/mol. The van der Waals surface area contributed by atoms with Crippen LogP contribution < -0.4 is 11.5 Å². The molecule has 0 aromatic rings. The van der Waals surface area contributed by atoms with Gasteiger partial charge >= 0.3 is 17.9 Å². The number of hydrogen-bond acceptors (Lipinski definition) is 6. The van der Waals surface area contributed by atoms with Crippen molar-refractivity contribution in [3.63, 3.8) is 0 Å². The summed E-state index contributed by atoms with van der Waals surface area (Å²) < 4.78 is 0. The Balaban J connectivity index is 0. The van der Waals surface area contributed by atoms with Crippen molar-refractivity contribution in [2.75, 3.05) is 6.61 Å². The Labute approximate surface area is 90.3 Å². The van der Waals surface area contributed by atoms with Crippen LogP contribution in [0.4, 0.5) is 0 Å². The molecule has 0 aliphatic rings. The third kappa shape index (κ3) is 10.4. The molecule has 94 valence electrons. The fourth-order valence-electron chi connectivity index (χ4n) is 0.354. The molecule has 0 aliphatic carbocycles. The lowest BCUT2D eigenvalue weighted by Gasteiger charge is -1.99. The lowest BCUT2D eigenvalue weighted by molar-refractivity contribution is -0.144. The number of aliphatic carboxylic acids is 3. The summed E-state index contributed by atoms with van der Waals surface area (Å²) in [5, 5.41) is 31.9. The van der Waals surface area contributed by atoms with Crippen LogP contribution in [-0.4, -0.2) is 57.0 Å². The molecule has 0 radical (unpaired) electrons. The average Bonchev–Trinajstić information content (AvgIpc) is 2.16. The van der Waals surface area contributed by atoms with Crippen LogP contribution in [-0.2, 0) is 14.4 Å². The monoisotopic (exact) mass is 238 g/mol. The van der Waals surface area contributed by atoms with E-state index in [1.807, 2.05) is 0 Å². The van der Waals surface area contributed by atoms with Crippen molar-refractivity contribution >= 4 is 17.9 Å². The first-order chi connectivity index (χ1) is 7.22. The zero-order valence-electron chi connectivity index (χ0n) is 8.24. The Morgan fingerprint density at radius 1 is 0.938 bits per heavy atom. The van der Waals surface area contributed by atoms with Crippen LogP contribution in [0.2, 0.25) is 0 Å². The Kier molecular flexibility index (Phi) is 8.97. The van der Waals surface area contributed by atoms with Gasteiger partial charge in [-0.25, -0.2) is 0 Å². The van der Waals surface area contributed by atoms with Crippen LogP contribution in [0.15, 0.2) is 0 Å². The summed E-state index contributed by atoms with van der Waals surface area (Å²) in [4.78, 5) is 29.3. The molecule has 0 saturated carbocycles. The van der Waals surface area contributed by atoms with Gasteiger partial charge in [0.1, 0.15) is 12.1 Å². The third-order valence-electron chi connectivity index (χ3n) is 1.23. The van der Waals surface area contributed by atoms with Crippen molar-refractivity contribution in [1.82, 2.24) is 0 Å². The van der Waals surface area contributed by atoms with E-state index in [1.165, 1.54) is 0 Å². The maximum atomic E-state index is 9.85. The van der Waals surface area contributed by atoms with Gasteiger partial charge in [0, 0.05) is 0 Å². The van der Waals surface area contributed by atoms with Crippen molar-refractivity contribution in [1.29, 1.82) is 0 Å². The Morgan fingerprint density at radius 2 is 1.31 bits per heavy atom. The summed E-state index contributed by atoms with van der Waals surface area (Å²) in [5.41, 5.74) is 9.60. The number of carbonyl (C=O) groups is 3. The largest absolute Gasteiger partial charge is 0.481 e. The molecule has 0 heterocycles. The predicted octanol–water partition coefficient (Wildman–Crippen LogP) is -2.74. The molecule has 0 rings (SSSR count). The minimum Gasteiger partial charge on any atom is -0.481 e. The molecule has 9 heteroatoms. The lowest BCUT2D eigenvalue weighted by Crippen LogP contribution is -2.33. The molecule has 0 aromatic heterocycles. The Hall–Kier alpha value is -1.71. The minimum absolute atomic E-state index is 0.505. The van der Waals surface area contributed by atoms with Crippen molar-refractivity contribution in [2.24, 2.45) is 11.5 Å². The molecule has 0 aliphatic heterocycles. The van der Waals surface area contributed by atoms with Crippen LogP contribution in [0.25, 0.3) is 0 Å². The Bertz CT molecular complexity index is 255. The van der Waals surface area contributed by atoms with E-state index in [-0.39, 0.29) is 0 Å². The third-order valence-corrected chi connectivity index (χ3v) is 1.23. The SMILES string of the molecule is N[C@@H](CC(=O)O)C(=O)O.N[C@@H](CO)C(=O)O. The molecule has 0 spiro atoms. The topological polar surface area (TPSA) is 184 Å². The van der Waals surface area contributed by atoms with E-state index in [0.717, 1.165) is 0 Å². The standard InChI is InChI=1S/C4H7NO4.C3H7NO3/c5-2(4(8)9)1-3(6)7;4-2(1-5)3(6)7/h2H,1,5H2,(H,6,7)(H,8,9);2,5H,1,4H2,(H,6,7)/t2*2-/m00/s1. The maximum absolute atomic E-state index is 9.85. The van der Waals surface area contributed by atoms with E-state index >= 15 is 0 Å². The number of carboxylic acid groups (broad SMARTS) is 3. The van der Waals surface area contributed by atoms with Crippen LogP contribution in [0, 0.1) is 0 Å². The second kappa shape index (κ2) is 8.59. The summed E-state index contributed by atoms with van der Waals surface area (Å²) in [5.74, 6) is -3.68. The number of rotatable bonds is 5. The van der Waals surface area contributed by atoms with E-state index in [1.54, 1.807) is 0 Å². The Morgan fingerprint density at radius 3 is 1.38 bits per heavy atom. The van der Waals surface area contributed by atoms with Gasteiger partial charge in [0.05, 0.1) is 13.0 Å². The molecule has 2 atom stereocenters. The van der Waals surface area contributed by atoms with E-state index in [9.17, 15) is 14.4 Å². The number of aliphatic hydroxyl groups is 1. The van der Waals surface area contributed by atoms with Gasteiger partial charge < -0.3 is 31.9 Å². The zero-order chi connectivity index (χ0) is 13.3. The highest BCUT2D eigenvalue weighted by Crippen LogP contribution is 1.86. The highest BCUT2D eigenvalue weighted by molar-refractivity contribution is 5.80. The van der Waals surface area contributed by atoms with Crippen molar-refractivity contribution < 1.29 is 34.8 Å². The van der Waals surface area contributed by atoms with Gasteiger partial charge in [-0.1, -0.05) is 0 Å². The minimum atomic E-state index is -1.29. The summed E-state index contributed by atoms with van der Waals surface area (Å²) in [6.07, 6.45) is -0.532. The maximum Gasteiger partial charge on any atom is 0.322 e. The van der Waals surface area contributed by atoms with Gasteiger partial charge in [0.15, 0.2) is 0 Å². The molecule has 0 bridgehead atoms. The summed E-state index contributed by atoms with van der Waals surface area (Å²) in [7, 11) is 0. The molecule has 0 fully saturated rings. The molecule has 9 nitrogen and oxygen atoms in total. The van der Waals surface area contributed by atoms with Gasteiger partial charge in [-0.15, -0.1) is 0 Å². The molecule has 0 amide bonds. The van der Waals surface area contributed by atoms with E-state index in [0.29, 0.717) is 0 Å². The highest BCUT2D eigenvalue weighted by Gasteiger charge is 2.14. The number of hydrogen-bond donors (Lipinski definition) is 6. The van der Waals surface area contributed by atoms with E-state index < -0.39 is 43.0 Å². The first-order valence-electron chi connectivity index (χ1n) is 4.01. The molecule has 16 heavy (non-hydrogen) atoms. The van der Waals surface area contributed by atoms with Crippen molar-refractivity contribution in [3.05, 3.63) is 0 Å². The van der Waals surface area contributed by atoms with Gasteiger partial charge in [-0.05, 0) is 0 Å². The smallest absolute Gasteiger partial charge is 0.322 e. The molecule has 0 saturated heterocycles. The lowest BCUT2D eigenvalue weighted by atomic mass is 10.2.